The number of halogens is 1. The number of rotatable bonds is 3. The number of aromatic nitrogens is 3. The molecule has 0 fully saturated rings. The molecule has 1 N–H and O–H groups in total. The maximum atomic E-state index is 6.13. The molecule has 21 heavy (non-hydrogen) atoms. The quantitative estimate of drug-likeness (QED) is 0.807. The van der Waals surface area contributed by atoms with Gasteiger partial charge in [-0.15, -0.1) is 0 Å². The molecule has 0 atom stereocenters. The fraction of sp³-hybridized carbons (Fsp3) is 0.200. The molecule has 0 aliphatic rings. The Kier molecular flexibility index (Phi) is 3.43. The highest BCUT2D eigenvalue weighted by Crippen LogP contribution is 2.29. The minimum absolute atomic E-state index is 0.675. The molecular formula is C15H16ClN5. The van der Waals surface area contributed by atoms with E-state index in [0.717, 1.165) is 28.1 Å². The molecule has 0 aliphatic heterocycles. The molecule has 0 unspecified atom stereocenters. The highest BCUT2D eigenvalue weighted by molar-refractivity contribution is 6.30. The van der Waals surface area contributed by atoms with Crippen molar-refractivity contribution in [1.29, 1.82) is 0 Å². The van der Waals surface area contributed by atoms with Crippen molar-refractivity contribution in [3.05, 3.63) is 41.7 Å². The highest BCUT2D eigenvalue weighted by Gasteiger charge is 2.13. The summed E-state index contributed by atoms with van der Waals surface area (Å²) in [4.78, 5) is 6.38. The molecule has 0 bridgehead atoms. The van der Waals surface area contributed by atoms with E-state index >= 15 is 0 Å². The van der Waals surface area contributed by atoms with Crippen LogP contribution in [0.1, 0.15) is 0 Å². The van der Waals surface area contributed by atoms with Crippen molar-refractivity contribution in [2.75, 3.05) is 31.4 Å². The van der Waals surface area contributed by atoms with E-state index in [4.69, 9.17) is 11.6 Å². The monoisotopic (exact) mass is 301 g/mol. The summed E-state index contributed by atoms with van der Waals surface area (Å²) >= 11 is 6.13. The van der Waals surface area contributed by atoms with E-state index in [-0.39, 0.29) is 0 Å². The topological polar surface area (TPSA) is 46.0 Å². The number of hydrogen-bond acceptors (Lipinski definition) is 4. The van der Waals surface area contributed by atoms with Crippen molar-refractivity contribution >= 4 is 34.0 Å². The van der Waals surface area contributed by atoms with Crippen LogP contribution in [0.15, 0.2) is 36.7 Å². The van der Waals surface area contributed by atoms with Gasteiger partial charge in [0.1, 0.15) is 5.82 Å². The first-order chi connectivity index (χ1) is 10.1. The lowest BCUT2D eigenvalue weighted by atomic mass is 10.2. The second-order valence-electron chi connectivity index (χ2n) is 4.93. The van der Waals surface area contributed by atoms with Crippen LogP contribution < -0.4 is 10.2 Å². The molecule has 1 aromatic carbocycles. The van der Waals surface area contributed by atoms with Crippen LogP contribution in [0.4, 0.5) is 11.5 Å². The van der Waals surface area contributed by atoms with E-state index in [1.54, 1.807) is 6.20 Å². The fourth-order valence-electron chi connectivity index (χ4n) is 2.38. The lowest BCUT2D eigenvalue weighted by Gasteiger charge is -2.13. The molecule has 0 saturated carbocycles. The molecular weight excluding hydrogens is 286 g/mol. The second kappa shape index (κ2) is 5.26. The van der Waals surface area contributed by atoms with Crippen LogP contribution in [0.25, 0.3) is 16.6 Å². The minimum Gasteiger partial charge on any atom is -0.386 e. The summed E-state index contributed by atoms with van der Waals surface area (Å²) in [5.41, 5.74) is 2.87. The van der Waals surface area contributed by atoms with Crippen LogP contribution in [0.5, 0.6) is 0 Å². The third-order valence-corrected chi connectivity index (χ3v) is 3.59. The Morgan fingerprint density at radius 2 is 2.05 bits per heavy atom. The molecule has 3 aromatic rings. The minimum atomic E-state index is 0.675. The number of benzene rings is 1. The Labute approximate surface area is 128 Å². The number of anilines is 2. The standard InChI is InChI=1S/C15H16ClN5/c1-17-12-5-4-10(16)8-14(12)21-13-6-7-18-15(20(2)3)11(13)9-19-21/h4-9,17H,1-3H3. The fourth-order valence-corrected chi connectivity index (χ4v) is 2.54. The molecule has 0 amide bonds. The summed E-state index contributed by atoms with van der Waals surface area (Å²) in [7, 11) is 5.82. The molecule has 0 saturated heterocycles. The van der Waals surface area contributed by atoms with Gasteiger partial charge in [0, 0.05) is 32.4 Å². The molecule has 6 heteroatoms. The summed E-state index contributed by atoms with van der Waals surface area (Å²) in [5.74, 6) is 0.895. The van der Waals surface area contributed by atoms with Crippen molar-refractivity contribution in [2.24, 2.45) is 0 Å². The molecule has 2 aromatic heterocycles. The van der Waals surface area contributed by atoms with Crippen LogP contribution >= 0.6 is 11.6 Å². The number of fused-ring (bicyclic) bond motifs is 1. The normalized spacial score (nSPS) is 10.9. The van der Waals surface area contributed by atoms with E-state index < -0.39 is 0 Å². The lowest BCUT2D eigenvalue weighted by molar-refractivity contribution is 0.911. The van der Waals surface area contributed by atoms with Gasteiger partial charge in [-0.3, -0.25) is 0 Å². The maximum absolute atomic E-state index is 6.13. The summed E-state index contributed by atoms with van der Waals surface area (Å²) in [5, 5.41) is 9.36. The number of nitrogens with zero attached hydrogens (tertiary/aromatic N) is 4. The molecule has 2 heterocycles. The SMILES string of the molecule is CNc1ccc(Cl)cc1-n1ncc2c(N(C)C)nccc21. The molecule has 3 rings (SSSR count). The van der Waals surface area contributed by atoms with Crippen LogP contribution in [0.3, 0.4) is 0 Å². The predicted molar refractivity (Wildman–Crippen MR) is 87.7 cm³/mol. The van der Waals surface area contributed by atoms with Gasteiger partial charge in [0.15, 0.2) is 0 Å². The molecule has 108 valence electrons. The van der Waals surface area contributed by atoms with Gasteiger partial charge in [0.2, 0.25) is 0 Å². The van der Waals surface area contributed by atoms with Gasteiger partial charge in [0.05, 0.1) is 28.5 Å². The summed E-state index contributed by atoms with van der Waals surface area (Å²) in [6, 6.07) is 7.65. The zero-order valence-corrected chi connectivity index (χ0v) is 12.9. The Morgan fingerprint density at radius 1 is 1.24 bits per heavy atom. The van der Waals surface area contributed by atoms with Crippen LogP contribution in [0, 0.1) is 0 Å². The van der Waals surface area contributed by atoms with Crippen molar-refractivity contribution in [2.45, 2.75) is 0 Å². The van der Waals surface area contributed by atoms with E-state index in [1.807, 2.05) is 61.2 Å². The summed E-state index contributed by atoms with van der Waals surface area (Å²) in [6.07, 6.45) is 3.62. The van der Waals surface area contributed by atoms with Crippen molar-refractivity contribution in [3.8, 4) is 5.69 Å². The average Bonchev–Trinajstić information content (AvgIpc) is 2.90. The van der Waals surface area contributed by atoms with Gasteiger partial charge in [-0.05, 0) is 24.3 Å². The third-order valence-electron chi connectivity index (χ3n) is 3.36. The predicted octanol–water partition coefficient (Wildman–Crippen LogP) is 3.18. The van der Waals surface area contributed by atoms with Gasteiger partial charge in [0.25, 0.3) is 0 Å². The Balaban J connectivity index is 2.27. The zero-order chi connectivity index (χ0) is 15.0. The third kappa shape index (κ3) is 2.29. The number of pyridine rings is 1. The van der Waals surface area contributed by atoms with Gasteiger partial charge < -0.3 is 10.2 Å². The Hall–Kier alpha value is -2.27. The van der Waals surface area contributed by atoms with E-state index in [1.165, 1.54) is 0 Å². The van der Waals surface area contributed by atoms with Gasteiger partial charge >= 0.3 is 0 Å². The van der Waals surface area contributed by atoms with E-state index in [2.05, 4.69) is 15.4 Å². The lowest BCUT2D eigenvalue weighted by Crippen LogP contribution is -2.10. The highest BCUT2D eigenvalue weighted by atomic mass is 35.5. The first-order valence-electron chi connectivity index (χ1n) is 6.59. The summed E-state index contributed by atoms with van der Waals surface area (Å²) in [6.45, 7) is 0. The van der Waals surface area contributed by atoms with Crippen LogP contribution in [0.2, 0.25) is 5.02 Å². The van der Waals surface area contributed by atoms with Gasteiger partial charge in [-0.25, -0.2) is 9.67 Å². The second-order valence-corrected chi connectivity index (χ2v) is 5.37. The Bertz CT molecular complexity index is 794. The average molecular weight is 302 g/mol. The molecule has 0 aliphatic carbocycles. The van der Waals surface area contributed by atoms with Crippen LogP contribution in [-0.2, 0) is 0 Å². The molecule has 0 spiro atoms. The van der Waals surface area contributed by atoms with Crippen molar-refractivity contribution in [3.63, 3.8) is 0 Å². The zero-order valence-electron chi connectivity index (χ0n) is 12.1. The summed E-state index contributed by atoms with van der Waals surface area (Å²) < 4.78 is 1.88. The number of hydrogen-bond donors (Lipinski definition) is 1. The van der Waals surface area contributed by atoms with Crippen LogP contribution in [-0.4, -0.2) is 35.9 Å². The van der Waals surface area contributed by atoms with Gasteiger partial charge in [-0.1, -0.05) is 11.6 Å². The van der Waals surface area contributed by atoms with Gasteiger partial charge in [-0.2, -0.15) is 5.10 Å². The first kappa shape index (κ1) is 13.7. The molecule has 5 nitrogen and oxygen atoms in total. The van der Waals surface area contributed by atoms with Crippen molar-refractivity contribution in [1.82, 2.24) is 14.8 Å². The first-order valence-corrected chi connectivity index (χ1v) is 6.97. The maximum Gasteiger partial charge on any atom is 0.139 e. The molecule has 0 radical (unpaired) electrons. The smallest absolute Gasteiger partial charge is 0.139 e. The number of nitrogens with one attached hydrogen (secondary N) is 1. The Morgan fingerprint density at radius 3 is 2.76 bits per heavy atom. The largest absolute Gasteiger partial charge is 0.386 e. The van der Waals surface area contributed by atoms with E-state index in [9.17, 15) is 0 Å². The van der Waals surface area contributed by atoms with Crippen molar-refractivity contribution < 1.29 is 0 Å². The van der Waals surface area contributed by atoms with E-state index in [0.29, 0.717) is 5.02 Å².